The van der Waals surface area contributed by atoms with Crippen molar-refractivity contribution in [3.05, 3.63) is 77.4 Å². The minimum Gasteiger partial charge on any atom is -0.483 e. The Balaban J connectivity index is 2.06. The zero-order chi connectivity index (χ0) is 21.1. The second-order valence-corrected chi connectivity index (χ2v) is 7.14. The predicted octanol–water partition coefficient (Wildman–Crippen LogP) is 3.42. The molecule has 3 rings (SSSR count). The third-order valence-corrected chi connectivity index (χ3v) is 4.83. The quantitative estimate of drug-likeness (QED) is 0.343. The number of aromatic amines is 1. The lowest BCUT2D eigenvalue weighted by Crippen LogP contribution is -2.32. The Morgan fingerprint density at radius 2 is 2.07 bits per heavy atom. The van der Waals surface area contributed by atoms with Crippen molar-refractivity contribution in [1.82, 2.24) is 9.66 Å². The van der Waals surface area contributed by atoms with Crippen molar-refractivity contribution >= 4 is 38.7 Å². The Morgan fingerprint density at radius 1 is 1.34 bits per heavy atom. The number of fused-ring (bicyclic) bond motifs is 1. The molecule has 150 valence electrons. The van der Waals surface area contributed by atoms with Crippen molar-refractivity contribution < 1.29 is 9.66 Å². The van der Waals surface area contributed by atoms with Gasteiger partial charge in [0.25, 0.3) is 5.56 Å². The van der Waals surface area contributed by atoms with Gasteiger partial charge in [-0.2, -0.15) is 5.10 Å². The molecule has 0 aliphatic rings. The molecule has 0 radical (unpaired) electrons. The lowest BCUT2D eigenvalue weighted by molar-refractivity contribution is -0.386. The third kappa shape index (κ3) is 4.27. The maximum atomic E-state index is 12.5. The zero-order valence-corrected chi connectivity index (χ0v) is 17.2. The zero-order valence-electron chi connectivity index (χ0n) is 15.6. The number of rotatable bonds is 6. The van der Waals surface area contributed by atoms with Gasteiger partial charge in [0.05, 0.1) is 32.6 Å². The van der Waals surface area contributed by atoms with Crippen LogP contribution < -0.4 is 16.0 Å². The molecule has 0 saturated carbocycles. The molecule has 0 fully saturated rings. The number of hydrogen-bond acceptors (Lipinski definition) is 6. The van der Waals surface area contributed by atoms with Gasteiger partial charge in [-0.05, 0) is 47.5 Å². The number of halogens is 1. The van der Waals surface area contributed by atoms with Gasteiger partial charge in [0.2, 0.25) is 5.75 Å². The van der Waals surface area contributed by atoms with Crippen LogP contribution in [0.15, 0.2) is 55.6 Å². The number of hydrogen-bond donors (Lipinski definition) is 1. The lowest BCUT2D eigenvalue weighted by atomic mass is 10.2. The van der Waals surface area contributed by atoms with E-state index in [1.165, 1.54) is 12.3 Å². The predicted molar refractivity (Wildman–Crippen MR) is 113 cm³/mol. The van der Waals surface area contributed by atoms with Crippen LogP contribution in [-0.2, 0) is 0 Å². The maximum absolute atomic E-state index is 12.5. The highest BCUT2D eigenvalue weighted by molar-refractivity contribution is 9.10. The molecular formula is C19H17BrN4O5. The molecule has 0 aliphatic heterocycles. The van der Waals surface area contributed by atoms with E-state index in [-0.39, 0.29) is 17.5 Å². The molecule has 1 atom stereocenters. The summed E-state index contributed by atoms with van der Waals surface area (Å²) in [6, 6.07) is 9.39. The van der Waals surface area contributed by atoms with E-state index in [0.29, 0.717) is 32.0 Å². The number of para-hydroxylation sites is 1. The van der Waals surface area contributed by atoms with E-state index in [9.17, 15) is 19.7 Å². The Labute approximate surface area is 172 Å². The minimum absolute atomic E-state index is 0.113. The molecule has 1 N–H and O–H groups in total. The number of aromatic nitrogens is 2. The largest absolute Gasteiger partial charge is 0.483 e. The summed E-state index contributed by atoms with van der Waals surface area (Å²) in [7, 11) is 0. The lowest BCUT2D eigenvalue weighted by Gasteiger charge is -2.14. The van der Waals surface area contributed by atoms with Gasteiger partial charge in [0, 0.05) is 11.6 Å². The molecule has 0 saturated heterocycles. The standard InChI is InChI=1S/C19H17BrN4O5/c1-3-11(2)29-17-14(20)8-12(9-16(17)24(27)28)10-21-23-18(25)13-6-4-5-7-15(13)22-19(23)26/h4-11H,3H2,1-2H3,(H,22,26)/t11-/m0/s1. The summed E-state index contributed by atoms with van der Waals surface area (Å²) in [4.78, 5) is 38.2. The molecule has 9 nitrogen and oxygen atoms in total. The Bertz CT molecular complexity index is 1230. The number of ether oxygens (including phenoxy) is 1. The number of nitrogens with one attached hydrogen (secondary N) is 1. The molecule has 0 unspecified atom stereocenters. The topological polar surface area (TPSA) is 120 Å². The first-order valence-electron chi connectivity index (χ1n) is 8.74. The van der Waals surface area contributed by atoms with Crippen molar-refractivity contribution in [2.75, 3.05) is 0 Å². The molecule has 0 amide bonds. The molecule has 2 aromatic carbocycles. The van der Waals surface area contributed by atoms with Gasteiger partial charge in [-0.25, -0.2) is 4.79 Å². The van der Waals surface area contributed by atoms with E-state index < -0.39 is 16.2 Å². The monoisotopic (exact) mass is 460 g/mol. The van der Waals surface area contributed by atoms with Gasteiger partial charge >= 0.3 is 11.4 Å². The fourth-order valence-corrected chi connectivity index (χ4v) is 3.15. The van der Waals surface area contributed by atoms with Crippen LogP contribution >= 0.6 is 15.9 Å². The summed E-state index contributed by atoms with van der Waals surface area (Å²) in [5, 5.41) is 15.7. The van der Waals surface area contributed by atoms with Crippen molar-refractivity contribution in [1.29, 1.82) is 0 Å². The SMILES string of the molecule is CC[C@H](C)Oc1c(Br)cc(C=Nn2c(=O)[nH]c3ccccc3c2=O)cc1[N+](=O)[O-]. The van der Waals surface area contributed by atoms with Gasteiger partial charge in [-0.1, -0.05) is 19.1 Å². The van der Waals surface area contributed by atoms with E-state index in [4.69, 9.17) is 4.74 Å². The van der Waals surface area contributed by atoms with Crippen LogP contribution in [0, 0.1) is 10.1 Å². The molecule has 0 spiro atoms. The minimum atomic E-state index is -0.713. The van der Waals surface area contributed by atoms with E-state index >= 15 is 0 Å². The van der Waals surface area contributed by atoms with Crippen molar-refractivity contribution in [2.24, 2.45) is 5.10 Å². The fraction of sp³-hybridized carbons (Fsp3) is 0.211. The third-order valence-electron chi connectivity index (χ3n) is 4.24. The number of nitro groups is 1. The average molecular weight is 461 g/mol. The molecule has 1 aromatic heterocycles. The molecule has 0 aliphatic carbocycles. The molecule has 29 heavy (non-hydrogen) atoms. The highest BCUT2D eigenvalue weighted by Gasteiger charge is 2.21. The average Bonchev–Trinajstić information content (AvgIpc) is 2.69. The van der Waals surface area contributed by atoms with Gasteiger partial charge in [0.1, 0.15) is 0 Å². The maximum Gasteiger partial charge on any atom is 0.349 e. The van der Waals surface area contributed by atoms with Crippen molar-refractivity contribution in [2.45, 2.75) is 26.4 Å². The van der Waals surface area contributed by atoms with Gasteiger partial charge in [-0.3, -0.25) is 14.9 Å². The first-order chi connectivity index (χ1) is 13.8. The molecule has 1 heterocycles. The van der Waals surface area contributed by atoms with E-state index in [2.05, 4.69) is 26.0 Å². The van der Waals surface area contributed by atoms with E-state index in [1.54, 1.807) is 30.3 Å². The van der Waals surface area contributed by atoms with Crippen LogP contribution in [0.25, 0.3) is 10.9 Å². The summed E-state index contributed by atoms with van der Waals surface area (Å²) in [6.45, 7) is 3.72. The Hall–Kier alpha value is -3.27. The number of H-pyrrole nitrogens is 1. The first kappa shape index (κ1) is 20.5. The second-order valence-electron chi connectivity index (χ2n) is 6.28. The molecule has 3 aromatic rings. The van der Waals surface area contributed by atoms with Crippen LogP contribution in [-0.4, -0.2) is 26.9 Å². The van der Waals surface area contributed by atoms with Crippen LogP contribution in [0.4, 0.5) is 5.69 Å². The van der Waals surface area contributed by atoms with Crippen molar-refractivity contribution in [3.8, 4) is 5.75 Å². The molecule has 10 heteroatoms. The first-order valence-corrected chi connectivity index (χ1v) is 9.54. The number of nitro benzene ring substituents is 1. The normalized spacial score (nSPS) is 12.4. The fourth-order valence-electron chi connectivity index (χ4n) is 2.59. The van der Waals surface area contributed by atoms with Gasteiger partial charge in [-0.15, -0.1) is 4.68 Å². The van der Waals surface area contributed by atoms with E-state index in [1.807, 2.05) is 13.8 Å². The van der Waals surface area contributed by atoms with Crippen LogP contribution in [0.1, 0.15) is 25.8 Å². The van der Waals surface area contributed by atoms with Crippen LogP contribution in [0.2, 0.25) is 0 Å². The second kappa shape index (κ2) is 8.39. The Kier molecular flexibility index (Phi) is 5.92. The summed E-state index contributed by atoms with van der Waals surface area (Å²) in [5.74, 6) is 0.113. The molecular weight excluding hydrogens is 444 g/mol. The van der Waals surface area contributed by atoms with E-state index in [0.717, 1.165) is 0 Å². The highest BCUT2D eigenvalue weighted by atomic mass is 79.9. The summed E-state index contributed by atoms with van der Waals surface area (Å²) >= 11 is 3.28. The van der Waals surface area contributed by atoms with Crippen LogP contribution in [0.3, 0.4) is 0 Å². The Morgan fingerprint density at radius 3 is 2.76 bits per heavy atom. The molecule has 0 bridgehead atoms. The van der Waals surface area contributed by atoms with Crippen molar-refractivity contribution in [3.63, 3.8) is 0 Å². The smallest absolute Gasteiger partial charge is 0.349 e. The summed E-state index contributed by atoms with van der Waals surface area (Å²) in [6.07, 6.45) is 1.68. The highest BCUT2D eigenvalue weighted by Crippen LogP contribution is 2.37. The van der Waals surface area contributed by atoms with Crippen LogP contribution in [0.5, 0.6) is 5.75 Å². The summed E-state index contributed by atoms with van der Waals surface area (Å²) in [5.41, 5.74) is -0.833. The summed E-state index contributed by atoms with van der Waals surface area (Å²) < 4.78 is 6.69. The van der Waals surface area contributed by atoms with Gasteiger partial charge in [0.15, 0.2) is 0 Å². The number of benzene rings is 2. The number of nitrogens with zero attached hydrogens (tertiary/aromatic N) is 3. The van der Waals surface area contributed by atoms with Gasteiger partial charge < -0.3 is 9.72 Å².